The van der Waals surface area contributed by atoms with Crippen LogP contribution in [0.3, 0.4) is 0 Å². The zero-order chi connectivity index (χ0) is 73.5. The number of hydrogen-bond donors (Lipinski definition) is 19. The van der Waals surface area contributed by atoms with Gasteiger partial charge >= 0.3 is 5.97 Å². The number of likely N-dealkylation sites (N-methyl/N-ethyl adjacent to an activating group) is 1. The van der Waals surface area contributed by atoms with Crippen LogP contribution in [0.1, 0.15) is 105 Å². The highest BCUT2D eigenvalue weighted by Crippen LogP contribution is 2.50. The summed E-state index contributed by atoms with van der Waals surface area (Å²) < 4.78 is 38.3. The van der Waals surface area contributed by atoms with Crippen LogP contribution in [0.5, 0.6) is 46.0 Å². The molecule has 0 saturated carbocycles. The topological polar surface area (TPSA) is 530 Å². The van der Waals surface area contributed by atoms with Crippen molar-refractivity contribution in [1.29, 1.82) is 0 Å². The van der Waals surface area contributed by atoms with E-state index in [9.17, 15) is 75.0 Å². The molecule has 0 spiro atoms. The third kappa shape index (κ3) is 16.3. The Hall–Kier alpha value is -8.91. The van der Waals surface area contributed by atoms with Crippen molar-refractivity contribution in [2.75, 3.05) is 13.7 Å². The van der Waals surface area contributed by atoms with E-state index in [1.54, 1.807) is 0 Å². The molecule has 18 atom stereocenters. The molecule has 0 aliphatic carbocycles. The number of hydrogen-bond acceptors (Lipinski definition) is 25. The van der Waals surface area contributed by atoms with Crippen molar-refractivity contribution >= 4 is 70.5 Å². The van der Waals surface area contributed by atoms with Gasteiger partial charge in [0.1, 0.15) is 89.5 Å². The second kappa shape index (κ2) is 31.4. The fraction of sp³-hybridized carbons (Fsp3) is 0.424. The number of ether oxygens (including phenoxy) is 6. The normalized spacial score (nSPS) is 29.1. The molecule has 7 amide bonds. The number of aliphatic hydroxyl groups is 6. The van der Waals surface area contributed by atoms with Crippen molar-refractivity contribution in [2.45, 2.75) is 156 Å². The number of nitrogens with two attached hydrogens (primary N) is 2. The maximum absolute atomic E-state index is 16.0. The van der Waals surface area contributed by atoms with Crippen molar-refractivity contribution < 1.29 is 130 Å². The highest BCUT2D eigenvalue weighted by Gasteiger charge is 2.51. The molecule has 7 aliphatic heterocycles. The summed E-state index contributed by atoms with van der Waals surface area (Å²) in [5.41, 5.74) is 8.00. The molecule has 5 aromatic carbocycles. The van der Waals surface area contributed by atoms with Gasteiger partial charge in [0.05, 0.1) is 41.3 Å². The van der Waals surface area contributed by atoms with E-state index >= 15 is 14.4 Å². The number of phenolic OH excluding ortho intramolecular Hbond substituents is 3. The summed E-state index contributed by atoms with van der Waals surface area (Å²) in [4.78, 5) is 117. The first-order valence-corrected chi connectivity index (χ1v) is 32.4. The van der Waals surface area contributed by atoms with Crippen LogP contribution in [0.4, 0.5) is 0 Å². The van der Waals surface area contributed by atoms with Crippen molar-refractivity contribution in [1.82, 2.24) is 37.2 Å². The molecular weight excluding hydrogens is 1410 g/mol. The van der Waals surface area contributed by atoms with Crippen LogP contribution in [-0.2, 0) is 52.6 Å². The highest BCUT2D eigenvalue weighted by atomic mass is 35.5. The molecule has 21 N–H and O–H groups in total. The van der Waals surface area contributed by atoms with Crippen LogP contribution in [0.15, 0.2) is 78.9 Å². The minimum Gasteiger partial charge on any atom is -1.00 e. The number of phenols is 3. The fourth-order valence-corrected chi connectivity index (χ4v) is 12.9. The third-order valence-corrected chi connectivity index (χ3v) is 18.4. The molecule has 102 heavy (non-hydrogen) atoms. The van der Waals surface area contributed by atoms with Gasteiger partial charge in [0.2, 0.25) is 53.4 Å². The third-order valence-electron chi connectivity index (χ3n) is 17.8. The van der Waals surface area contributed by atoms with Crippen LogP contribution in [0, 0.1) is 5.92 Å². The minimum absolute atomic E-state index is 0. The van der Waals surface area contributed by atoms with E-state index in [0.717, 1.165) is 66.7 Å². The Morgan fingerprint density at radius 3 is 1.89 bits per heavy atom. The molecule has 2 fully saturated rings. The molecule has 12 rings (SSSR count). The Labute approximate surface area is 596 Å². The molecule has 0 aromatic heterocycles. The number of aromatic hydroxyl groups is 3. The summed E-state index contributed by atoms with van der Waals surface area (Å²) in [6, 6.07) is -0.679. The summed E-state index contributed by atoms with van der Waals surface area (Å²) in [5.74, 6) is -16.0. The molecule has 33 nitrogen and oxygen atoms in total. The number of carbonyl (C=O) groups is 8. The highest BCUT2D eigenvalue weighted by molar-refractivity contribution is 6.32. The molecular formula is C66H75Cl3N9O24-. The number of rotatable bonds is 13. The number of nitrogens with one attached hydrogen (secondary N) is 7. The van der Waals surface area contributed by atoms with E-state index in [-0.39, 0.29) is 58.6 Å². The number of benzene rings is 5. The first kappa shape index (κ1) is 77.3. The smallest absolute Gasteiger partial charge is 0.330 e. The Bertz CT molecular complexity index is 4080. The zero-order valence-electron chi connectivity index (χ0n) is 54.7. The molecule has 0 radical (unpaired) electrons. The van der Waals surface area contributed by atoms with Crippen molar-refractivity contribution in [2.24, 2.45) is 17.4 Å². The van der Waals surface area contributed by atoms with E-state index in [2.05, 4.69) is 37.2 Å². The number of aliphatic carboxylic acids is 1. The van der Waals surface area contributed by atoms with E-state index in [0.29, 0.717) is 0 Å². The molecule has 2 saturated heterocycles. The standard InChI is InChI=1S/C66H75Cl2N9O24.ClH/c1-23(2)12-34(71-5)58(88)76-49-51(83)26-7-10-38(32(67)14-26)97-40-16-28-17-41(55(40)101-65-56(54(86)53(85)42(22-78)99-65)100-44-21-66(4,70)57(87)24(3)96-44)98-39-11-8-27(15-33(39)68)52(84)50-63(93)75-48(64(94)95)31-18-29(79)19-37(81)45(31)30-13-25(6-9-36(30)80)46(60(90)77-50)74-61(91)47(28)73-59(89)35(20-43(69)82)72-62(49)92;/h6-11,13-19,23-24,34-35,42,44,46-54,56-57,65,71,78-81,83-87H,12,20-22,70H2,1-5H3,(H2,69,82)(H,72,92)(H,73,89)(H,74,91)(H,75,93)(H,76,88)(H,77,90)(H,94,95);1H/p-1/t24-,34+,35-,42+,44-,46+,47+,48-,49+,50-,51+,52+,53+,54-,56+,57+,65-,66-;/m0./s1. The maximum atomic E-state index is 16.0. The Balaban J connectivity index is 0.0000121. The fourth-order valence-electron chi connectivity index (χ4n) is 12.5. The van der Waals surface area contributed by atoms with E-state index < -0.39 is 237 Å². The first-order valence-electron chi connectivity index (χ1n) is 31.6. The monoisotopic (exact) mass is 1480 g/mol. The van der Waals surface area contributed by atoms with Crippen molar-refractivity contribution in [3.05, 3.63) is 117 Å². The van der Waals surface area contributed by atoms with Gasteiger partial charge < -0.3 is 141 Å². The summed E-state index contributed by atoms with van der Waals surface area (Å²) in [6.07, 6.45) is -18.6. The van der Waals surface area contributed by atoms with Crippen LogP contribution < -0.4 is 75.3 Å². The summed E-state index contributed by atoms with van der Waals surface area (Å²) in [5, 5.41) is 131. The van der Waals surface area contributed by atoms with E-state index in [1.165, 1.54) is 33.0 Å². The number of aliphatic hydroxyl groups excluding tert-OH is 6. The SMILES string of the molecule is CN[C@H](CC(C)C)C(=O)N[C@H]1C(=O)N[C@@H](CC(N)=O)C(=O)N[C@H]2C(=O)N[C@H]3C(=O)N[C@H](C(=O)N[C@H](C(=O)O)c4cc(O)cc(O)c4-c4cc3ccc4O)[C@H](O)c3ccc(c(Cl)c3)Oc3cc2cc(c3O[C@@H]2O[C@H](CO)[C@@H](O)[C@H](O)[C@H]2O[C@H]2C[C@](C)(N)[C@H](O)[C@H](C)O2)Oc2ccc(cc2Cl)[C@H]1O.[Cl-]. The number of primary amides is 1. The van der Waals surface area contributed by atoms with Crippen LogP contribution in [0.2, 0.25) is 10.0 Å². The minimum atomic E-state index is -2.35. The van der Waals surface area contributed by atoms with Crippen molar-refractivity contribution in [3.63, 3.8) is 0 Å². The van der Waals surface area contributed by atoms with Gasteiger partial charge in [-0.2, -0.15) is 0 Å². The number of carbonyl (C=O) groups excluding carboxylic acids is 7. The van der Waals surface area contributed by atoms with E-state index in [4.69, 9.17) is 63.1 Å². The van der Waals surface area contributed by atoms with Gasteiger partial charge in [-0.1, -0.05) is 55.2 Å². The lowest BCUT2D eigenvalue weighted by molar-refractivity contribution is -0.333. The second-order valence-electron chi connectivity index (χ2n) is 25.7. The summed E-state index contributed by atoms with van der Waals surface area (Å²) >= 11 is 14.1. The van der Waals surface area contributed by atoms with Crippen LogP contribution >= 0.6 is 23.2 Å². The first-order chi connectivity index (χ1) is 47.7. The van der Waals surface area contributed by atoms with Gasteiger partial charge in [-0.3, -0.25) is 33.6 Å². The van der Waals surface area contributed by atoms with Gasteiger partial charge in [-0.25, -0.2) is 4.79 Å². The van der Waals surface area contributed by atoms with E-state index in [1.807, 2.05) is 13.8 Å². The Morgan fingerprint density at radius 1 is 0.716 bits per heavy atom. The number of halogens is 3. The average molecular weight is 1480 g/mol. The predicted octanol–water partition coefficient (Wildman–Crippen LogP) is -2.89. The number of fused-ring (bicyclic) bond motifs is 15. The lowest BCUT2D eigenvalue weighted by Gasteiger charge is -2.47. The second-order valence-corrected chi connectivity index (χ2v) is 26.5. The maximum Gasteiger partial charge on any atom is 0.330 e. The quantitative estimate of drug-likeness (QED) is 0.0563. The number of carboxylic acid groups (broad SMARTS) is 1. The lowest BCUT2D eigenvalue weighted by atomic mass is 9.86. The predicted molar refractivity (Wildman–Crippen MR) is 349 cm³/mol. The van der Waals surface area contributed by atoms with Gasteiger partial charge in [0.15, 0.2) is 29.9 Å². The summed E-state index contributed by atoms with van der Waals surface area (Å²) in [7, 11) is 1.47. The van der Waals surface area contributed by atoms with Crippen molar-refractivity contribution in [3.8, 4) is 57.1 Å². The molecule has 11 bridgehead atoms. The molecule has 7 aliphatic rings. The molecule has 7 heterocycles. The van der Waals surface area contributed by atoms with Gasteiger partial charge in [0, 0.05) is 34.7 Å². The Morgan fingerprint density at radius 2 is 1.31 bits per heavy atom. The van der Waals surface area contributed by atoms with Gasteiger partial charge in [0.25, 0.3) is 0 Å². The molecule has 550 valence electrons. The lowest BCUT2D eigenvalue weighted by Crippen LogP contribution is -3.00. The molecule has 5 aromatic rings. The van der Waals surface area contributed by atoms with Gasteiger partial charge in [-0.05, 0) is 110 Å². The van der Waals surface area contributed by atoms with Gasteiger partial charge in [-0.15, -0.1) is 0 Å². The Kier molecular flexibility index (Phi) is 23.8. The average Bonchev–Trinajstić information content (AvgIpc) is 0.773. The molecule has 36 heteroatoms. The van der Waals surface area contributed by atoms with Crippen LogP contribution in [0.25, 0.3) is 11.1 Å². The largest absolute Gasteiger partial charge is 1.00 e. The molecule has 0 unspecified atom stereocenters. The zero-order valence-corrected chi connectivity index (χ0v) is 57.0. The van der Waals surface area contributed by atoms with Crippen LogP contribution in [-0.4, -0.2) is 191 Å². The number of carboxylic acids is 1. The summed E-state index contributed by atoms with van der Waals surface area (Å²) in [6.45, 7) is 5.66. The number of amides is 7.